The monoisotopic (exact) mass is 340 g/mol. The minimum Gasteiger partial charge on any atom is -0.334 e. The zero-order chi connectivity index (χ0) is 15.8. The van der Waals surface area contributed by atoms with Crippen LogP contribution < -0.4 is 0 Å². The topological polar surface area (TPSA) is 33.2 Å². The normalized spacial score (nSPS) is 14.0. The first-order valence-electron chi connectivity index (χ1n) is 7.53. The van der Waals surface area contributed by atoms with Gasteiger partial charge in [0.2, 0.25) is 0 Å². The molecule has 1 aliphatic heterocycles. The van der Waals surface area contributed by atoms with E-state index in [1.807, 2.05) is 22.5 Å². The summed E-state index contributed by atoms with van der Waals surface area (Å²) in [6.45, 7) is 1.45. The molecule has 0 radical (unpaired) electrons. The van der Waals surface area contributed by atoms with Gasteiger partial charge >= 0.3 is 0 Å². The average molecular weight is 340 g/mol. The van der Waals surface area contributed by atoms with E-state index in [0.717, 1.165) is 23.1 Å². The smallest absolute Gasteiger partial charge is 0.256 e. The Bertz CT molecular complexity index is 873. The minimum absolute atomic E-state index is 0.0862. The van der Waals surface area contributed by atoms with Crippen molar-refractivity contribution in [2.24, 2.45) is 0 Å². The third-order valence-corrected chi connectivity index (χ3v) is 6.02. The van der Waals surface area contributed by atoms with Crippen molar-refractivity contribution >= 4 is 39.1 Å². The summed E-state index contributed by atoms with van der Waals surface area (Å²) in [7, 11) is 0. The molecule has 0 fully saturated rings. The van der Waals surface area contributed by atoms with E-state index in [1.165, 1.54) is 16.0 Å². The Labute approximate surface area is 143 Å². The molecule has 0 saturated carbocycles. The number of benzene rings is 1. The first-order valence-corrected chi connectivity index (χ1v) is 9.63. The molecule has 0 N–H and O–H groups in total. The quantitative estimate of drug-likeness (QED) is 0.655. The molecule has 0 aliphatic carbocycles. The number of amides is 1. The van der Waals surface area contributed by atoms with Gasteiger partial charge in [-0.05, 0) is 41.3 Å². The number of rotatable bonds is 2. The molecular weight excluding hydrogens is 324 g/mol. The van der Waals surface area contributed by atoms with Crippen molar-refractivity contribution < 1.29 is 4.79 Å². The molecular formula is C18H16N2OS2. The fourth-order valence-corrected chi connectivity index (χ4v) is 4.58. The molecule has 0 atom stereocenters. The van der Waals surface area contributed by atoms with Crippen molar-refractivity contribution in [3.63, 3.8) is 0 Å². The van der Waals surface area contributed by atoms with Crippen molar-refractivity contribution in [1.29, 1.82) is 0 Å². The number of fused-ring (bicyclic) bond motifs is 2. The predicted molar refractivity (Wildman–Crippen MR) is 96.3 cm³/mol. The van der Waals surface area contributed by atoms with Crippen LogP contribution in [0.3, 0.4) is 0 Å². The first kappa shape index (κ1) is 14.7. The zero-order valence-electron chi connectivity index (χ0n) is 12.8. The molecule has 3 nitrogen and oxygen atoms in total. The summed E-state index contributed by atoms with van der Waals surface area (Å²) in [6, 6.07) is 8.44. The highest BCUT2D eigenvalue weighted by Gasteiger charge is 2.24. The lowest BCUT2D eigenvalue weighted by molar-refractivity contribution is 0.0734. The molecule has 116 valence electrons. The molecule has 4 rings (SSSR count). The lowest BCUT2D eigenvalue weighted by Crippen LogP contribution is -2.36. The van der Waals surface area contributed by atoms with E-state index in [1.54, 1.807) is 29.3 Å². The Balaban J connectivity index is 1.69. The lowest BCUT2D eigenvalue weighted by Gasteiger charge is -2.30. The fourth-order valence-electron chi connectivity index (χ4n) is 3.15. The van der Waals surface area contributed by atoms with E-state index in [2.05, 4.69) is 29.4 Å². The van der Waals surface area contributed by atoms with Gasteiger partial charge < -0.3 is 4.90 Å². The third kappa shape index (κ3) is 2.54. The summed E-state index contributed by atoms with van der Waals surface area (Å²) >= 11 is 3.37. The Morgan fingerprint density at radius 1 is 1.30 bits per heavy atom. The largest absolute Gasteiger partial charge is 0.334 e. The number of hydrogen-bond donors (Lipinski definition) is 0. The van der Waals surface area contributed by atoms with Crippen molar-refractivity contribution in [1.82, 2.24) is 9.88 Å². The highest BCUT2D eigenvalue weighted by molar-refractivity contribution is 7.98. The van der Waals surface area contributed by atoms with Crippen molar-refractivity contribution in [2.75, 3.05) is 12.8 Å². The standard InChI is InChI=1S/C18H16N2OS2/c1-22-16-4-2-3-12-5-7-20(11-15(12)16)18(21)14-9-19-10-17-13(14)6-8-23-17/h2-4,6,8-10H,5,7,11H2,1H3. The van der Waals surface area contributed by atoms with E-state index in [4.69, 9.17) is 0 Å². The van der Waals surface area contributed by atoms with Gasteiger partial charge in [0.15, 0.2) is 0 Å². The molecule has 1 aromatic carbocycles. The van der Waals surface area contributed by atoms with E-state index >= 15 is 0 Å². The van der Waals surface area contributed by atoms with Crippen molar-refractivity contribution in [3.8, 4) is 0 Å². The Kier molecular flexibility index (Phi) is 3.83. The highest BCUT2D eigenvalue weighted by Crippen LogP contribution is 2.30. The molecule has 0 spiro atoms. The van der Waals surface area contributed by atoms with Crippen LogP contribution in [0.4, 0.5) is 0 Å². The molecule has 5 heteroatoms. The molecule has 3 heterocycles. The summed E-state index contributed by atoms with van der Waals surface area (Å²) < 4.78 is 1.07. The van der Waals surface area contributed by atoms with E-state index in [-0.39, 0.29) is 5.91 Å². The number of thioether (sulfide) groups is 1. The summed E-state index contributed by atoms with van der Waals surface area (Å²) in [6.07, 6.45) is 6.54. The van der Waals surface area contributed by atoms with Crippen LogP contribution in [-0.4, -0.2) is 28.6 Å². The summed E-state index contributed by atoms with van der Waals surface area (Å²) in [5.41, 5.74) is 3.38. The Hall–Kier alpha value is -1.85. The number of thiophene rings is 1. The van der Waals surface area contributed by atoms with Gasteiger partial charge in [-0.3, -0.25) is 9.78 Å². The molecule has 1 amide bonds. The van der Waals surface area contributed by atoms with Crippen LogP contribution in [0.5, 0.6) is 0 Å². The average Bonchev–Trinajstić information content (AvgIpc) is 3.08. The van der Waals surface area contributed by atoms with Gasteiger partial charge in [-0.25, -0.2) is 0 Å². The zero-order valence-corrected chi connectivity index (χ0v) is 14.4. The van der Waals surface area contributed by atoms with Crippen molar-refractivity contribution in [2.45, 2.75) is 17.9 Å². The second kappa shape index (κ2) is 5.98. The maximum absolute atomic E-state index is 13.0. The van der Waals surface area contributed by atoms with Gasteiger partial charge in [-0.15, -0.1) is 23.1 Å². The number of aromatic nitrogens is 1. The second-order valence-corrected chi connectivity index (χ2v) is 7.39. The number of nitrogens with zero attached hydrogens (tertiary/aromatic N) is 2. The molecule has 0 bridgehead atoms. The van der Waals surface area contributed by atoms with Crippen LogP contribution in [-0.2, 0) is 13.0 Å². The minimum atomic E-state index is 0.0862. The van der Waals surface area contributed by atoms with Crippen LogP contribution in [0.15, 0.2) is 46.9 Å². The van der Waals surface area contributed by atoms with Crippen LogP contribution in [0.1, 0.15) is 21.5 Å². The summed E-state index contributed by atoms with van der Waals surface area (Å²) in [4.78, 5) is 20.5. The number of pyridine rings is 1. The van der Waals surface area contributed by atoms with Crippen LogP contribution in [0, 0.1) is 0 Å². The highest BCUT2D eigenvalue weighted by atomic mass is 32.2. The van der Waals surface area contributed by atoms with Gasteiger partial charge in [-0.1, -0.05) is 12.1 Å². The van der Waals surface area contributed by atoms with Crippen LogP contribution in [0.25, 0.3) is 10.1 Å². The Morgan fingerprint density at radius 3 is 3.09 bits per heavy atom. The van der Waals surface area contributed by atoms with Gasteiger partial charge in [0.1, 0.15) is 0 Å². The van der Waals surface area contributed by atoms with Crippen LogP contribution in [0.2, 0.25) is 0 Å². The van der Waals surface area contributed by atoms with Crippen molar-refractivity contribution in [3.05, 3.63) is 58.7 Å². The maximum Gasteiger partial charge on any atom is 0.256 e. The van der Waals surface area contributed by atoms with Crippen LogP contribution >= 0.6 is 23.1 Å². The molecule has 3 aromatic rings. The van der Waals surface area contributed by atoms with E-state index < -0.39 is 0 Å². The van der Waals surface area contributed by atoms with E-state index in [9.17, 15) is 4.79 Å². The molecule has 0 saturated heterocycles. The van der Waals surface area contributed by atoms with Gasteiger partial charge in [0, 0.05) is 35.8 Å². The number of carbonyl (C=O) groups excluding carboxylic acids is 1. The fraction of sp³-hybridized carbons (Fsp3) is 0.222. The SMILES string of the molecule is CSc1cccc2c1CN(C(=O)c1cncc3sccc13)CC2. The third-order valence-electron chi connectivity index (χ3n) is 4.35. The predicted octanol–water partition coefficient (Wildman–Crippen LogP) is 4.22. The lowest BCUT2D eigenvalue weighted by atomic mass is 9.99. The molecule has 0 unspecified atom stereocenters. The molecule has 1 aliphatic rings. The first-order chi connectivity index (χ1) is 11.3. The number of hydrogen-bond acceptors (Lipinski definition) is 4. The molecule has 23 heavy (non-hydrogen) atoms. The van der Waals surface area contributed by atoms with Gasteiger partial charge in [0.25, 0.3) is 5.91 Å². The number of carbonyl (C=O) groups is 1. The van der Waals surface area contributed by atoms with Gasteiger partial charge in [0.05, 0.1) is 10.3 Å². The second-order valence-electron chi connectivity index (χ2n) is 5.59. The van der Waals surface area contributed by atoms with E-state index in [0.29, 0.717) is 12.1 Å². The Morgan fingerprint density at radius 2 is 2.22 bits per heavy atom. The van der Waals surface area contributed by atoms with Gasteiger partial charge in [-0.2, -0.15) is 0 Å². The maximum atomic E-state index is 13.0. The summed E-state index contributed by atoms with van der Waals surface area (Å²) in [5, 5.41) is 3.03. The summed E-state index contributed by atoms with van der Waals surface area (Å²) in [5.74, 6) is 0.0862. The molecule has 2 aromatic heterocycles.